The van der Waals surface area contributed by atoms with E-state index in [1.54, 1.807) is 0 Å². The second-order valence-electron chi connectivity index (χ2n) is 14.9. The normalized spacial score (nSPS) is 11.4. The summed E-state index contributed by atoms with van der Waals surface area (Å²) in [6.45, 7) is 0. The van der Waals surface area contributed by atoms with Crippen LogP contribution in [0.2, 0.25) is 0 Å². The Kier molecular flexibility index (Phi) is 8.42. The molecule has 272 valence electrons. The van der Waals surface area contributed by atoms with Crippen LogP contribution in [0, 0.1) is 0 Å². The second kappa shape index (κ2) is 14.4. The summed E-state index contributed by atoms with van der Waals surface area (Å²) in [4.78, 5) is 2.40. The van der Waals surface area contributed by atoms with Crippen LogP contribution in [0.5, 0.6) is 0 Å². The first-order valence-electron chi connectivity index (χ1n) is 19.8. The molecule has 11 aromatic rings. The number of fused-ring (bicyclic) bond motifs is 5. The Hall–Kier alpha value is -7.26. The van der Waals surface area contributed by atoms with E-state index in [0.717, 1.165) is 17.1 Å². The van der Waals surface area contributed by atoms with Crippen LogP contribution in [0.3, 0.4) is 0 Å². The van der Waals surface area contributed by atoms with Crippen molar-refractivity contribution in [3.63, 3.8) is 0 Å². The van der Waals surface area contributed by atoms with Crippen molar-refractivity contribution in [3.8, 4) is 44.5 Å². The first-order chi connectivity index (χ1) is 28.7. The fourth-order valence-corrected chi connectivity index (χ4v) is 9.74. The molecule has 1 aromatic heterocycles. The van der Waals surface area contributed by atoms with Gasteiger partial charge in [0.05, 0.1) is 0 Å². The SMILES string of the molecule is c1ccc(-c2cccc(N(c3ccc(-c4ccc5ccccc5c4)cc3)c3ccc(-c4cccc5sc6cc7ccccc7cc6c45)c(-c4ccccc4)c3)c2)cc1. The van der Waals surface area contributed by atoms with E-state index < -0.39 is 0 Å². The van der Waals surface area contributed by atoms with Crippen molar-refractivity contribution in [1.82, 2.24) is 0 Å². The van der Waals surface area contributed by atoms with Gasteiger partial charge in [-0.05, 0) is 127 Å². The Morgan fingerprint density at radius 3 is 1.62 bits per heavy atom. The molecule has 0 bridgehead atoms. The van der Waals surface area contributed by atoms with Gasteiger partial charge in [-0.25, -0.2) is 0 Å². The lowest BCUT2D eigenvalue weighted by molar-refractivity contribution is 1.28. The van der Waals surface area contributed by atoms with E-state index in [0.29, 0.717) is 0 Å². The molecule has 0 aliphatic carbocycles. The molecule has 2 heteroatoms. The summed E-state index contributed by atoms with van der Waals surface area (Å²) in [5.74, 6) is 0. The van der Waals surface area contributed by atoms with Crippen LogP contribution in [0.1, 0.15) is 0 Å². The first kappa shape index (κ1) is 34.0. The molecule has 0 unspecified atom stereocenters. The van der Waals surface area contributed by atoms with Crippen molar-refractivity contribution in [2.75, 3.05) is 4.90 Å². The van der Waals surface area contributed by atoms with Gasteiger partial charge < -0.3 is 4.90 Å². The minimum Gasteiger partial charge on any atom is -0.310 e. The highest BCUT2D eigenvalue weighted by Crippen LogP contribution is 2.46. The van der Waals surface area contributed by atoms with Crippen LogP contribution in [0.25, 0.3) is 86.2 Å². The smallest absolute Gasteiger partial charge is 0.0468 e. The number of thiophene rings is 1. The Balaban J connectivity index is 1.10. The highest BCUT2D eigenvalue weighted by molar-refractivity contribution is 7.26. The summed E-state index contributed by atoms with van der Waals surface area (Å²) in [6, 6.07) is 82.0. The average molecular weight is 756 g/mol. The van der Waals surface area contributed by atoms with E-state index in [2.05, 4.69) is 229 Å². The maximum Gasteiger partial charge on any atom is 0.0468 e. The van der Waals surface area contributed by atoms with Gasteiger partial charge in [-0.2, -0.15) is 0 Å². The maximum absolute atomic E-state index is 2.40. The third kappa shape index (κ3) is 6.12. The van der Waals surface area contributed by atoms with Crippen molar-refractivity contribution in [3.05, 3.63) is 224 Å². The van der Waals surface area contributed by atoms with Gasteiger partial charge in [0.2, 0.25) is 0 Å². The number of benzene rings is 10. The number of nitrogens with zero attached hydrogens (tertiary/aromatic N) is 1. The van der Waals surface area contributed by atoms with Gasteiger partial charge in [0.1, 0.15) is 0 Å². The zero-order valence-electron chi connectivity index (χ0n) is 31.7. The molecule has 0 aliphatic heterocycles. The average Bonchev–Trinajstić information content (AvgIpc) is 3.66. The molecule has 0 N–H and O–H groups in total. The lowest BCUT2D eigenvalue weighted by Crippen LogP contribution is -2.10. The van der Waals surface area contributed by atoms with Gasteiger partial charge in [-0.3, -0.25) is 0 Å². The molecule has 10 aromatic carbocycles. The minimum atomic E-state index is 1.10. The van der Waals surface area contributed by atoms with Gasteiger partial charge in [0, 0.05) is 37.2 Å². The lowest BCUT2D eigenvalue weighted by Gasteiger charge is -2.27. The molecule has 0 saturated heterocycles. The number of hydrogen-bond acceptors (Lipinski definition) is 2. The quantitative estimate of drug-likeness (QED) is 0.157. The van der Waals surface area contributed by atoms with E-state index >= 15 is 0 Å². The molecule has 0 atom stereocenters. The summed E-state index contributed by atoms with van der Waals surface area (Å²) in [5.41, 5.74) is 12.9. The van der Waals surface area contributed by atoms with Gasteiger partial charge in [-0.15, -0.1) is 11.3 Å². The van der Waals surface area contributed by atoms with Crippen LogP contribution in [0.15, 0.2) is 224 Å². The van der Waals surface area contributed by atoms with Gasteiger partial charge in [-0.1, -0.05) is 164 Å². The third-order valence-electron chi connectivity index (χ3n) is 11.4. The number of anilines is 3. The van der Waals surface area contributed by atoms with Gasteiger partial charge >= 0.3 is 0 Å². The lowest BCUT2D eigenvalue weighted by atomic mass is 9.91. The summed E-state index contributed by atoms with van der Waals surface area (Å²) in [6.07, 6.45) is 0. The van der Waals surface area contributed by atoms with E-state index in [1.165, 1.54) is 86.2 Å². The predicted molar refractivity (Wildman–Crippen MR) is 251 cm³/mol. The summed E-state index contributed by atoms with van der Waals surface area (Å²) < 4.78 is 2.62. The fraction of sp³-hybridized carbons (Fsp3) is 0. The topological polar surface area (TPSA) is 3.24 Å². The third-order valence-corrected chi connectivity index (χ3v) is 12.5. The molecule has 58 heavy (non-hydrogen) atoms. The Bertz CT molecular complexity index is 3270. The zero-order chi connectivity index (χ0) is 38.4. The minimum absolute atomic E-state index is 1.10. The van der Waals surface area contributed by atoms with Crippen LogP contribution in [-0.4, -0.2) is 0 Å². The highest BCUT2D eigenvalue weighted by Gasteiger charge is 2.20. The summed E-state index contributed by atoms with van der Waals surface area (Å²) in [7, 11) is 0. The molecule has 1 nitrogen and oxygen atoms in total. The van der Waals surface area contributed by atoms with E-state index in [1.807, 2.05) is 11.3 Å². The number of rotatable bonds is 7. The van der Waals surface area contributed by atoms with Gasteiger partial charge in [0.15, 0.2) is 0 Å². The van der Waals surface area contributed by atoms with Crippen LogP contribution >= 0.6 is 11.3 Å². The Labute approximate surface area is 342 Å². The van der Waals surface area contributed by atoms with E-state index in [9.17, 15) is 0 Å². The largest absolute Gasteiger partial charge is 0.310 e. The molecule has 0 amide bonds. The standard InChI is InChI=1S/C56H37NS/c1-3-13-38(14-4-1)43-21-11-22-48(34-43)57(47-29-27-40(28-30-47)46-26-25-39-15-7-8-18-42(39)33-46)49-31-32-50(52(37-49)41-16-5-2-6-17-41)51-23-12-24-54-56(51)53-35-44-19-9-10-20-45(44)36-55(53)58-54/h1-37H. The molecule has 1 heterocycles. The van der Waals surface area contributed by atoms with Crippen molar-refractivity contribution in [1.29, 1.82) is 0 Å². The predicted octanol–water partition coefficient (Wildman–Crippen LogP) is 16.5. The molecule has 0 spiro atoms. The van der Waals surface area contributed by atoms with Crippen LogP contribution < -0.4 is 4.90 Å². The molecule has 0 fully saturated rings. The van der Waals surface area contributed by atoms with Crippen molar-refractivity contribution >= 4 is 70.1 Å². The van der Waals surface area contributed by atoms with Crippen molar-refractivity contribution in [2.24, 2.45) is 0 Å². The molecular weight excluding hydrogens is 719 g/mol. The first-order valence-corrected chi connectivity index (χ1v) is 20.6. The van der Waals surface area contributed by atoms with Crippen LogP contribution in [0.4, 0.5) is 17.1 Å². The van der Waals surface area contributed by atoms with Gasteiger partial charge in [0.25, 0.3) is 0 Å². The van der Waals surface area contributed by atoms with Crippen molar-refractivity contribution < 1.29 is 0 Å². The molecule has 0 aliphatic rings. The van der Waals surface area contributed by atoms with E-state index in [4.69, 9.17) is 0 Å². The monoisotopic (exact) mass is 755 g/mol. The Morgan fingerprint density at radius 2 is 0.845 bits per heavy atom. The molecule has 11 rings (SSSR count). The molecular formula is C56H37NS. The van der Waals surface area contributed by atoms with E-state index in [-0.39, 0.29) is 0 Å². The van der Waals surface area contributed by atoms with Crippen molar-refractivity contribution in [2.45, 2.75) is 0 Å². The highest BCUT2D eigenvalue weighted by atomic mass is 32.1. The zero-order valence-corrected chi connectivity index (χ0v) is 32.5. The summed E-state index contributed by atoms with van der Waals surface area (Å²) >= 11 is 1.88. The fourth-order valence-electron chi connectivity index (χ4n) is 8.57. The van der Waals surface area contributed by atoms with Crippen LogP contribution in [-0.2, 0) is 0 Å². The Morgan fingerprint density at radius 1 is 0.276 bits per heavy atom. The summed E-state index contributed by atoms with van der Waals surface area (Å²) in [5, 5.41) is 7.67. The molecule has 0 radical (unpaired) electrons. The molecule has 0 saturated carbocycles. The number of hydrogen-bond donors (Lipinski definition) is 0. The maximum atomic E-state index is 2.40. The second-order valence-corrected chi connectivity index (χ2v) is 16.0.